The van der Waals surface area contributed by atoms with Gasteiger partial charge in [-0.25, -0.2) is 0 Å². The van der Waals surface area contributed by atoms with E-state index in [1.54, 1.807) is 12.4 Å². The van der Waals surface area contributed by atoms with Crippen molar-refractivity contribution in [1.29, 1.82) is 0 Å². The number of fused-ring (bicyclic) bond motifs is 1. The second-order valence-corrected chi connectivity index (χ2v) is 5.01. The topological polar surface area (TPSA) is 42.0 Å². The van der Waals surface area contributed by atoms with E-state index in [2.05, 4.69) is 10.3 Å². The molecule has 0 atom stereocenters. The zero-order valence-corrected chi connectivity index (χ0v) is 11.8. The van der Waals surface area contributed by atoms with E-state index >= 15 is 0 Å². The fourth-order valence-electron chi connectivity index (χ4n) is 2.39. The minimum Gasteiger partial charge on any atom is -0.348 e. The highest BCUT2D eigenvalue weighted by atomic mass is 16.1. The summed E-state index contributed by atoms with van der Waals surface area (Å²) >= 11 is 0. The molecule has 104 valence electrons. The molecule has 3 nitrogen and oxygen atoms in total. The number of nitrogens with zero attached hydrogens (tertiary/aromatic N) is 1. The smallest absolute Gasteiger partial charge is 0.252 e. The molecular weight excluding hydrogens is 260 g/mol. The number of rotatable bonds is 3. The summed E-state index contributed by atoms with van der Waals surface area (Å²) in [5.74, 6) is -0.0724. The second kappa shape index (κ2) is 5.75. The first-order valence-corrected chi connectivity index (χ1v) is 6.91. The largest absolute Gasteiger partial charge is 0.348 e. The van der Waals surface area contributed by atoms with Gasteiger partial charge < -0.3 is 5.32 Å². The Hall–Kier alpha value is -2.68. The molecule has 0 saturated heterocycles. The van der Waals surface area contributed by atoms with Crippen molar-refractivity contribution in [2.75, 3.05) is 0 Å². The third-order valence-corrected chi connectivity index (χ3v) is 3.63. The molecule has 0 aliphatic heterocycles. The standard InChI is InChI=1S/C18H16N2O/c1-13-5-2-3-6-15(13)11-20-18(21)16-8-4-7-14-9-10-19-12-17(14)16/h2-10,12H,11H2,1H3,(H,20,21). The monoisotopic (exact) mass is 276 g/mol. The van der Waals surface area contributed by atoms with Crippen molar-refractivity contribution in [2.45, 2.75) is 13.5 Å². The highest BCUT2D eigenvalue weighted by Crippen LogP contribution is 2.17. The number of aromatic nitrogens is 1. The van der Waals surface area contributed by atoms with E-state index in [0.29, 0.717) is 12.1 Å². The van der Waals surface area contributed by atoms with Crippen molar-refractivity contribution in [3.63, 3.8) is 0 Å². The normalized spacial score (nSPS) is 10.5. The molecule has 0 aliphatic rings. The molecule has 2 aromatic carbocycles. The summed E-state index contributed by atoms with van der Waals surface area (Å²) in [5.41, 5.74) is 2.97. The molecule has 0 bridgehead atoms. The molecule has 0 radical (unpaired) electrons. The Morgan fingerprint density at radius 2 is 1.95 bits per heavy atom. The summed E-state index contributed by atoms with van der Waals surface area (Å²) < 4.78 is 0. The number of carbonyl (C=O) groups is 1. The third-order valence-electron chi connectivity index (χ3n) is 3.63. The minimum absolute atomic E-state index is 0.0724. The maximum atomic E-state index is 12.4. The lowest BCUT2D eigenvalue weighted by Gasteiger charge is -2.09. The van der Waals surface area contributed by atoms with Crippen LogP contribution < -0.4 is 5.32 Å². The van der Waals surface area contributed by atoms with Gasteiger partial charge in [-0.3, -0.25) is 9.78 Å². The van der Waals surface area contributed by atoms with E-state index < -0.39 is 0 Å². The minimum atomic E-state index is -0.0724. The molecular formula is C18H16N2O. The first-order chi connectivity index (χ1) is 10.3. The Labute approximate surface area is 123 Å². The van der Waals surface area contributed by atoms with E-state index in [-0.39, 0.29) is 5.91 Å². The van der Waals surface area contributed by atoms with Crippen LogP contribution in [0.2, 0.25) is 0 Å². The van der Waals surface area contributed by atoms with Crippen molar-refractivity contribution in [2.24, 2.45) is 0 Å². The van der Waals surface area contributed by atoms with Crippen LogP contribution in [-0.2, 0) is 6.54 Å². The van der Waals surface area contributed by atoms with E-state index in [9.17, 15) is 4.79 Å². The van der Waals surface area contributed by atoms with Gasteiger partial charge in [-0.15, -0.1) is 0 Å². The number of benzene rings is 2. The molecule has 1 heterocycles. The van der Waals surface area contributed by atoms with Crippen LogP contribution in [-0.4, -0.2) is 10.9 Å². The number of amides is 1. The lowest BCUT2D eigenvalue weighted by molar-refractivity contribution is 0.0952. The highest BCUT2D eigenvalue weighted by Gasteiger charge is 2.09. The molecule has 0 saturated carbocycles. The highest BCUT2D eigenvalue weighted by molar-refractivity contribution is 6.06. The molecule has 0 spiro atoms. The number of nitrogens with one attached hydrogen (secondary N) is 1. The van der Waals surface area contributed by atoms with Crippen molar-refractivity contribution in [3.05, 3.63) is 77.6 Å². The quantitative estimate of drug-likeness (QED) is 0.796. The van der Waals surface area contributed by atoms with Gasteiger partial charge in [0, 0.05) is 29.9 Å². The Morgan fingerprint density at radius 3 is 2.81 bits per heavy atom. The van der Waals surface area contributed by atoms with Crippen LogP contribution in [0.4, 0.5) is 0 Å². The van der Waals surface area contributed by atoms with Gasteiger partial charge in [-0.05, 0) is 35.6 Å². The summed E-state index contributed by atoms with van der Waals surface area (Å²) in [6, 6.07) is 15.7. The van der Waals surface area contributed by atoms with Crippen LogP contribution in [0.15, 0.2) is 60.9 Å². The predicted molar refractivity (Wildman–Crippen MR) is 84.1 cm³/mol. The van der Waals surface area contributed by atoms with Crippen LogP contribution in [0.5, 0.6) is 0 Å². The molecule has 21 heavy (non-hydrogen) atoms. The maximum Gasteiger partial charge on any atom is 0.252 e. The molecule has 3 heteroatoms. The summed E-state index contributed by atoms with van der Waals surface area (Å²) in [6.45, 7) is 2.57. The van der Waals surface area contributed by atoms with Gasteiger partial charge in [-0.2, -0.15) is 0 Å². The summed E-state index contributed by atoms with van der Waals surface area (Å²) in [7, 11) is 0. The van der Waals surface area contributed by atoms with Gasteiger partial charge >= 0.3 is 0 Å². The summed E-state index contributed by atoms with van der Waals surface area (Å²) in [4.78, 5) is 16.5. The molecule has 3 rings (SSSR count). The molecule has 0 unspecified atom stereocenters. The summed E-state index contributed by atoms with van der Waals surface area (Å²) in [6.07, 6.45) is 3.47. The van der Waals surface area contributed by atoms with Gasteiger partial charge in [-0.1, -0.05) is 36.4 Å². The zero-order valence-electron chi connectivity index (χ0n) is 11.8. The molecule has 1 aromatic heterocycles. The number of hydrogen-bond donors (Lipinski definition) is 1. The molecule has 0 fully saturated rings. The van der Waals surface area contributed by atoms with Crippen molar-refractivity contribution in [1.82, 2.24) is 10.3 Å². The van der Waals surface area contributed by atoms with E-state index in [1.165, 1.54) is 5.56 Å². The number of aryl methyl sites for hydroxylation is 1. The number of pyridine rings is 1. The van der Waals surface area contributed by atoms with Gasteiger partial charge in [0.05, 0.1) is 0 Å². The molecule has 3 aromatic rings. The molecule has 0 aliphatic carbocycles. The Kier molecular flexibility index (Phi) is 3.65. The van der Waals surface area contributed by atoms with Crippen LogP contribution in [0, 0.1) is 6.92 Å². The SMILES string of the molecule is Cc1ccccc1CNC(=O)c1cccc2ccncc12. The number of hydrogen-bond acceptors (Lipinski definition) is 2. The molecule has 1 N–H and O–H groups in total. The van der Waals surface area contributed by atoms with Crippen LogP contribution in [0.3, 0.4) is 0 Å². The van der Waals surface area contributed by atoms with Gasteiger partial charge in [0.2, 0.25) is 0 Å². The van der Waals surface area contributed by atoms with Crippen molar-refractivity contribution >= 4 is 16.7 Å². The van der Waals surface area contributed by atoms with Crippen molar-refractivity contribution < 1.29 is 4.79 Å². The van der Waals surface area contributed by atoms with E-state index in [0.717, 1.165) is 16.3 Å². The zero-order chi connectivity index (χ0) is 14.7. The fraction of sp³-hybridized carbons (Fsp3) is 0.111. The van der Waals surface area contributed by atoms with Gasteiger partial charge in [0.1, 0.15) is 0 Å². The first kappa shape index (κ1) is 13.3. The third kappa shape index (κ3) is 2.77. The molecule has 1 amide bonds. The number of carbonyl (C=O) groups excluding carboxylic acids is 1. The van der Waals surface area contributed by atoms with Gasteiger partial charge in [0.15, 0.2) is 0 Å². The summed E-state index contributed by atoms with van der Waals surface area (Å²) in [5, 5.41) is 4.88. The average molecular weight is 276 g/mol. The Balaban J connectivity index is 1.83. The first-order valence-electron chi connectivity index (χ1n) is 6.91. The van der Waals surface area contributed by atoms with Crippen molar-refractivity contribution in [3.8, 4) is 0 Å². The van der Waals surface area contributed by atoms with E-state index in [4.69, 9.17) is 0 Å². The van der Waals surface area contributed by atoms with E-state index in [1.807, 2.05) is 55.5 Å². The Bertz CT molecular complexity index is 791. The predicted octanol–water partition coefficient (Wildman–Crippen LogP) is 3.47. The lowest BCUT2D eigenvalue weighted by Crippen LogP contribution is -2.23. The van der Waals surface area contributed by atoms with Crippen LogP contribution in [0.1, 0.15) is 21.5 Å². The average Bonchev–Trinajstić information content (AvgIpc) is 2.53. The second-order valence-electron chi connectivity index (χ2n) is 5.01. The lowest BCUT2D eigenvalue weighted by atomic mass is 10.1. The van der Waals surface area contributed by atoms with Crippen LogP contribution in [0.25, 0.3) is 10.8 Å². The maximum absolute atomic E-state index is 12.4. The Morgan fingerprint density at radius 1 is 1.10 bits per heavy atom. The van der Waals surface area contributed by atoms with Gasteiger partial charge in [0.25, 0.3) is 5.91 Å². The fourth-order valence-corrected chi connectivity index (χ4v) is 2.39. The van der Waals surface area contributed by atoms with Crippen LogP contribution >= 0.6 is 0 Å².